The number of rotatable bonds is 6. The number of aromatic nitrogens is 2. The van der Waals surface area contributed by atoms with E-state index in [1.54, 1.807) is 42.0 Å². The van der Waals surface area contributed by atoms with Crippen molar-refractivity contribution in [2.75, 3.05) is 17.8 Å². The van der Waals surface area contributed by atoms with Gasteiger partial charge in [-0.05, 0) is 61.6 Å². The van der Waals surface area contributed by atoms with E-state index < -0.39 is 16.1 Å². The molecule has 35 heavy (non-hydrogen) atoms. The second-order valence-corrected chi connectivity index (χ2v) is 11.3. The highest BCUT2D eigenvalue weighted by molar-refractivity contribution is 7.93. The van der Waals surface area contributed by atoms with E-state index in [0.29, 0.717) is 29.1 Å². The highest BCUT2D eigenvalue weighted by atomic mass is 32.2. The Balaban J connectivity index is 0.00000190. The molecule has 5 rings (SSSR count). The van der Waals surface area contributed by atoms with Gasteiger partial charge in [0.25, 0.3) is 10.0 Å². The van der Waals surface area contributed by atoms with Crippen molar-refractivity contribution in [1.82, 2.24) is 14.5 Å². The van der Waals surface area contributed by atoms with Gasteiger partial charge in [0.2, 0.25) is 5.91 Å². The average Bonchev–Trinajstić information content (AvgIpc) is 3.54. The summed E-state index contributed by atoms with van der Waals surface area (Å²) in [7, 11) is -3.68. The maximum absolute atomic E-state index is 14.0. The lowest BCUT2D eigenvalue weighted by molar-refractivity contribution is -0.135. The fourth-order valence-electron chi connectivity index (χ4n) is 4.67. The van der Waals surface area contributed by atoms with E-state index in [4.69, 9.17) is 0 Å². The zero-order valence-corrected chi connectivity index (χ0v) is 20.7. The average molecular weight is 517 g/mol. The van der Waals surface area contributed by atoms with Gasteiger partial charge in [-0.25, -0.2) is 17.8 Å². The summed E-state index contributed by atoms with van der Waals surface area (Å²) >= 11 is 1.22. The summed E-state index contributed by atoms with van der Waals surface area (Å²) in [6.45, 7) is 3.08. The number of hydrogen-bond acceptors (Lipinski definition) is 5. The number of amides is 1. The molecule has 0 radical (unpaired) electrons. The molecule has 1 aliphatic heterocycles. The summed E-state index contributed by atoms with van der Waals surface area (Å²) in [5.74, 6) is -0.0287. The number of nitrogens with zero attached hydrogens (tertiary/aromatic N) is 3. The first-order chi connectivity index (χ1) is 16.8. The van der Waals surface area contributed by atoms with Gasteiger partial charge in [-0.1, -0.05) is 18.2 Å². The number of likely N-dealkylation sites (tertiary alicyclic amines) is 1. The van der Waals surface area contributed by atoms with Crippen LogP contribution in [0.3, 0.4) is 0 Å². The fraction of sp³-hybridized carbons (Fsp3) is 0.280. The third-order valence-corrected chi connectivity index (χ3v) is 8.78. The minimum atomic E-state index is -3.68. The van der Waals surface area contributed by atoms with Crippen molar-refractivity contribution in [3.05, 3.63) is 77.7 Å². The van der Waals surface area contributed by atoms with Crippen LogP contribution in [0.4, 0.5) is 9.52 Å². The Hall–Kier alpha value is -3.24. The van der Waals surface area contributed by atoms with Crippen molar-refractivity contribution in [2.45, 2.75) is 36.6 Å². The van der Waals surface area contributed by atoms with Crippen molar-refractivity contribution in [1.29, 1.82) is 0 Å². The molecule has 0 saturated carbocycles. The molecule has 1 amide bonds. The van der Waals surface area contributed by atoms with Crippen LogP contribution >= 0.6 is 11.3 Å². The largest absolute Gasteiger partial charge is 0.341 e. The predicted molar refractivity (Wildman–Crippen MR) is 139 cm³/mol. The van der Waals surface area contributed by atoms with Crippen LogP contribution in [0.25, 0.3) is 10.9 Å². The Morgan fingerprint density at radius 1 is 1.17 bits per heavy atom. The Morgan fingerprint density at radius 3 is 2.60 bits per heavy atom. The van der Waals surface area contributed by atoms with Crippen LogP contribution in [0.5, 0.6) is 0 Å². The van der Waals surface area contributed by atoms with E-state index in [2.05, 4.69) is 9.71 Å². The van der Waals surface area contributed by atoms with Crippen molar-refractivity contribution >= 4 is 43.3 Å². The maximum Gasteiger partial charge on any atom is 0.263 e. The lowest BCUT2D eigenvalue weighted by Gasteiger charge is -2.34. The first-order valence-electron chi connectivity index (χ1n) is 11.4. The monoisotopic (exact) mass is 516 g/mol. The SMILES string of the molecule is C[C@@H](C(=O)N1CCC(c2ccc(S(=O)(=O)Nc3nccs3)cc2)CC1)n1ccc2c(F)cccc21.[HH].[HH]. The van der Waals surface area contributed by atoms with Crippen LogP contribution in [0, 0.1) is 5.82 Å². The van der Waals surface area contributed by atoms with Gasteiger partial charge in [-0.15, -0.1) is 11.3 Å². The van der Waals surface area contributed by atoms with Gasteiger partial charge in [0, 0.05) is 39.1 Å². The Morgan fingerprint density at radius 2 is 1.91 bits per heavy atom. The molecule has 2 aromatic heterocycles. The number of halogens is 1. The third-order valence-electron chi connectivity index (χ3n) is 6.61. The number of benzene rings is 2. The summed E-state index contributed by atoms with van der Waals surface area (Å²) in [4.78, 5) is 19.2. The number of fused-ring (bicyclic) bond motifs is 1. The maximum atomic E-state index is 14.0. The van der Waals surface area contributed by atoms with Crippen molar-refractivity contribution < 1.29 is 20.5 Å². The standard InChI is InChI=1S/C25H25FN4O3S2.2H2/c1-17(30-15-11-21-22(26)3-2-4-23(21)30)24(31)29-13-9-19(10-14-29)18-5-7-20(8-6-18)35(32,33)28-25-27-12-16-34-25;;/h2-8,11-12,15-17,19H,9-10,13-14H2,1H3,(H,27,28);2*1H/t17-;;/m0../s1. The lowest BCUT2D eigenvalue weighted by atomic mass is 9.89. The molecular weight excluding hydrogens is 487 g/mol. The normalized spacial score (nSPS) is 15.9. The zero-order chi connectivity index (χ0) is 24.6. The van der Waals surface area contributed by atoms with Gasteiger partial charge >= 0.3 is 0 Å². The fourth-order valence-corrected chi connectivity index (χ4v) is 6.46. The second-order valence-electron chi connectivity index (χ2n) is 8.68. The van der Waals surface area contributed by atoms with Gasteiger partial charge in [-0.2, -0.15) is 0 Å². The minimum absolute atomic E-state index is 0. The molecule has 1 aliphatic rings. The molecule has 1 fully saturated rings. The Kier molecular flexibility index (Phi) is 6.33. The van der Waals surface area contributed by atoms with E-state index in [0.717, 1.165) is 18.4 Å². The highest BCUT2D eigenvalue weighted by Gasteiger charge is 2.28. The number of hydrogen-bond donors (Lipinski definition) is 1. The molecule has 0 spiro atoms. The number of anilines is 1. The molecular formula is C25H29FN4O3S2. The van der Waals surface area contributed by atoms with Crippen molar-refractivity contribution in [3.63, 3.8) is 0 Å². The molecule has 0 bridgehead atoms. The van der Waals surface area contributed by atoms with Crippen LogP contribution in [0.1, 0.15) is 40.1 Å². The lowest BCUT2D eigenvalue weighted by Crippen LogP contribution is -2.41. The van der Waals surface area contributed by atoms with Crippen LogP contribution < -0.4 is 4.72 Å². The Labute approximate surface area is 210 Å². The number of sulfonamides is 1. The highest BCUT2D eigenvalue weighted by Crippen LogP contribution is 2.31. The molecule has 7 nitrogen and oxygen atoms in total. The van der Waals surface area contributed by atoms with Crippen molar-refractivity contribution in [2.24, 2.45) is 0 Å². The van der Waals surface area contributed by atoms with E-state index in [1.165, 1.54) is 17.4 Å². The third kappa shape index (κ3) is 4.68. The summed E-state index contributed by atoms with van der Waals surface area (Å²) in [5, 5.41) is 2.55. The first-order valence-corrected chi connectivity index (χ1v) is 13.8. The minimum Gasteiger partial charge on any atom is -0.341 e. The van der Waals surface area contributed by atoms with Gasteiger partial charge in [-0.3, -0.25) is 9.52 Å². The van der Waals surface area contributed by atoms with Crippen molar-refractivity contribution in [3.8, 4) is 0 Å². The molecule has 2 aromatic carbocycles. The van der Waals surface area contributed by atoms with E-state index in [-0.39, 0.29) is 25.4 Å². The molecule has 0 unspecified atom stereocenters. The van der Waals surface area contributed by atoms with Crippen LogP contribution in [0.2, 0.25) is 0 Å². The van der Waals surface area contributed by atoms with Gasteiger partial charge in [0.05, 0.1) is 10.4 Å². The summed E-state index contributed by atoms with van der Waals surface area (Å²) < 4.78 is 43.5. The first kappa shape index (κ1) is 23.5. The molecule has 1 atom stereocenters. The zero-order valence-electron chi connectivity index (χ0n) is 19.1. The number of thiazole rings is 1. The van der Waals surface area contributed by atoms with Crippen LogP contribution in [-0.2, 0) is 14.8 Å². The number of nitrogens with one attached hydrogen (secondary N) is 1. The molecule has 3 heterocycles. The molecule has 1 saturated heterocycles. The quantitative estimate of drug-likeness (QED) is 0.367. The van der Waals surface area contributed by atoms with Gasteiger partial charge in [0.1, 0.15) is 11.9 Å². The smallest absolute Gasteiger partial charge is 0.263 e. The summed E-state index contributed by atoms with van der Waals surface area (Å²) in [5.41, 5.74) is 1.77. The van der Waals surface area contributed by atoms with Crippen LogP contribution in [-0.4, -0.2) is 41.9 Å². The Bertz CT molecular complexity index is 1450. The van der Waals surface area contributed by atoms with Gasteiger partial charge in [0.15, 0.2) is 5.13 Å². The molecule has 1 N–H and O–H groups in total. The summed E-state index contributed by atoms with van der Waals surface area (Å²) in [6, 6.07) is 13.1. The van der Waals surface area contributed by atoms with Gasteiger partial charge < -0.3 is 9.47 Å². The molecule has 0 aliphatic carbocycles. The molecule has 4 aromatic rings. The number of carbonyl (C=O) groups excluding carboxylic acids is 1. The van der Waals surface area contributed by atoms with E-state index in [9.17, 15) is 17.6 Å². The predicted octanol–water partition coefficient (Wildman–Crippen LogP) is 5.50. The topological polar surface area (TPSA) is 84.3 Å². The second kappa shape index (κ2) is 9.43. The number of carbonyl (C=O) groups is 1. The van der Waals surface area contributed by atoms with Crippen LogP contribution in [0.15, 0.2) is 71.2 Å². The van der Waals surface area contributed by atoms with E-state index >= 15 is 0 Å². The molecule has 186 valence electrons. The summed E-state index contributed by atoms with van der Waals surface area (Å²) in [6.07, 6.45) is 4.90. The van der Waals surface area contributed by atoms with E-state index in [1.807, 2.05) is 34.6 Å². The number of piperidine rings is 1. The molecule has 10 heteroatoms.